The third-order valence-corrected chi connectivity index (χ3v) is 4.73. The number of carbonyl (C=O) groups excluding carboxylic acids is 1. The fraction of sp³-hybridized carbons (Fsp3) is 0.533. The lowest BCUT2D eigenvalue weighted by Gasteiger charge is -2.18. The van der Waals surface area contributed by atoms with Crippen LogP contribution in [0.5, 0.6) is 0 Å². The van der Waals surface area contributed by atoms with Gasteiger partial charge >= 0.3 is 5.69 Å². The zero-order valence-electron chi connectivity index (χ0n) is 12.0. The number of carbonyl (C=O) groups is 1. The number of hydrogen-bond donors (Lipinski definition) is 1. The molecule has 2 atom stereocenters. The molecule has 2 aliphatic rings. The number of nitro benzene ring substituents is 1. The highest BCUT2D eigenvalue weighted by atomic mass is 16.6. The zero-order valence-corrected chi connectivity index (χ0v) is 12.0. The molecule has 0 bridgehead atoms. The maximum atomic E-state index is 12.7. The van der Waals surface area contributed by atoms with Gasteiger partial charge in [-0.3, -0.25) is 14.9 Å². The second-order valence-electron chi connectivity index (χ2n) is 5.87. The van der Waals surface area contributed by atoms with Crippen molar-refractivity contribution in [2.45, 2.75) is 19.3 Å². The summed E-state index contributed by atoms with van der Waals surface area (Å²) in [5.41, 5.74) is 0.444. The third kappa shape index (κ3) is 2.34. The number of likely N-dealkylation sites (tertiary alicyclic amines) is 1. The number of anilines is 1. The molecule has 3 rings (SSSR count). The van der Waals surface area contributed by atoms with E-state index in [1.165, 1.54) is 19.3 Å². The van der Waals surface area contributed by atoms with Crippen LogP contribution < -0.4 is 5.32 Å². The van der Waals surface area contributed by atoms with Crippen LogP contribution in [-0.4, -0.2) is 35.9 Å². The molecule has 1 N–H and O–H groups in total. The minimum Gasteiger partial charge on any atom is -0.383 e. The summed E-state index contributed by atoms with van der Waals surface area (Å²) in [5, 5.41) is 14.1. The van der Waals surface area contributed by atoms with Gasteiger partial charge in [0.05, 0.1) is 4.92 Å². The minimum absolute atomic E-state index is 0.123. The molecule has 0 aromatic heterocycles. The Labute approximate surface area is 123 Å². The first kappa shape index (κ1) is 13.9. The summed E-state index contributed by atoms with van der Waals surface area (Å²) in [7, 11) is 1.62. The Bertz CT molecular complexity index is 576. The van der Waals surface area contributed by atoms with E-state index in [4.69, 9.17) is 0 Å². The molecule has 6 heteroatoms. The third-order valence-electron chi connectivity index (χ3n) is 4.73. The van der Waals surface area contributed by atoms with Crippen molar-refractivity contribution in [2.24, 2.45) is 11.8 Å². The predicted molar refractivity (Wildman–Crippen MR) is 79.4 cm³/mol. The molecule has 1 aliphatic heterocycles. The van der Waals surface area contributed by atoms with Crippen molar-refractivity contribution in [3.63, 3.8) is 0 Å². The average molecular weight is 289 g/mol. The van der Waals surface area contributed by atoms with E-state index in [0.717, 1.165) is 13.1 Å². The standard InChI is InChI=1S/C15H19N3O3/c1-16-13-7-3-6-12(14(13)18(20)21)15(19)17-8-10-4-2-5-11(10)9-17/h3,6-7,10-11,16H,2,4-5,8-9H2,1H3. The highest BCUT2D eigenvalue weighted by Crippen LogP contribution is 2.39. The molecule has 1 amide bonds. The topological polar surface area (TPSA) is 75.5 Å². The molecule has 0 radical (unpaired) electrons. The van der Waals surface area contributed by atoms with Crippen molar-refractivity contribution in [3.05, 3.63) is 33.9 Å². The quantitative estimate of drug-likeness (QED) is 0.685. The first-order valence-corrected chi connectivity index (χ1v) is 7.36. The van der Waals surface area contributed by atoms with E-state index in [2.05, 4.69) is 5.32 Å². The number of nitrogens with one attached hydrogen (secondary N) is 1. The summed E-state index contributed by atoms with van der Waals surface area (Å²) in [6, 6.07) is 4.85. The largest absolute Gasteiger partial charge is 0.383 e. The van der Waals surface area contributed by atoms with Gasteiger partial charge < -0.3 is 10.2 Å². The smallest absolute Gasteiger partial charge is 0.305 e. The molecule has 1 heterocycles. The summed E-state index contributed by atoms with van der Waals surface area (Å²) in [5.74, 6) is 0.953. The van der Waals surface area contributed by atoms with Crippen LogP contribution >= 0.6 is 0 Å². The molecule has 1 aromatic rings. The molecular weight excluding hydrogens is 270 g/mol. The molecule has 6 nitrogen and oxygen atoms in total. The van der Waals surface area contributed by atoms with Crippen LogP contribution in [-0.2, 0) is 0 Å². The van der Waals surface area contributed by atoms with Crippen LogP contribution in [0.4, 0.5) is 11.4 Å². The molecule has 2 unspecified atom stereocenters. The molecule has 1 aliphatic carbocycles. The minimum atomic E-state index is -0.476. The summed E-state index contributed by atoms with van der Waals surface area (Å²) in [4.78, 5) is 25.3. The van der Waals surface area contributed by atoms with Crippen molar-refractivity contribution in [1.82, 2.24) is 4.90 Å². The fourth-order valence-electron chi connectivity index (χ4n) is 3.69. The molecule has 2 fully saturated rings. The maximum absolute atomic E-state index is 12.7. The maximum Gasteiger partial charge on any atom is 0.305 e. The van der Waals surface area contributed by atoms with Crippen LogP contribution in [0.15, 0.2) is 18.2 Å². The highest BCUT2D eigenvalue weighted by Gasteiger charge is 2.39. The molecule has 112 valence electrons. The Morgan fingerprint density at radius 2 is 2.00 bits per heavy atom. The van der Waals surface area contributed by atoms with Crippen molar-refractivity contribution in [2.75, 3.05) is 25.5 Å². The van der Waals surface area contributed by atoms with Gasteiger partial charge in [0.25, 0.3) is 5.91 Å². The zero-order chi connectivity index (χ0) is 15.0. The SMILES string of the molecule is CNc1cccc(C(=O)N2CC3CCCC3C2)c1[N+](=O)[O-]. The summed E-state index contributed by atoms with van der Waals surface area (Å²) in [6.07, 6.45) is 3.59. The fourth-order valence-corrected chi connectivity index (χ4v) is 3.69. The van der Waals surface area contributed by atoms with Gasteiger partial charge in [-0.2, -0.15) is 0 Å². The first-order chi connectivity index (χ1) is 10.1. The average Bonchev–Trinajstić information content (AvgIpc) is 3.06. The molecule has 21 heavy (non-hydrogen) atoms. The number of hydrogen-bond acceptors (Lipinski definition) is 4. The Hall–Kier alpha value is -2.11. The molecule has 1 saturated heterocycles. The Kier molecular flexibility index (Phi) is 3.53. The summed E-state index contributed by atoms with van der Waals surface area (Å²) < 4.78 is 0. The van der Waals surface area contributed by atoms with E-state index in [1.807, 2.05) is 0 Å². The highest BCUT2D eigenvalue weighted by molar-refractivity contribution is 6.00. The number of fused-ring (bicyclic) bond motifs is 1. The lowest BCUT2D eigenvalue weighted by atomic mass is 10.0. The Balaban J connectivity index is 1.90. The van der Waals surface area contributed by atoms with Gasteiger partial charge in [0.1, 0.15) is 11.3 Å². The van der Waals surface area contributed by atoms with Crippen molar-refractivity contribution in [3.8, 4) is 0 Å². The number of benzene rings is 1. The van der Waals surface area contributed by atoms with E-state index < -0.39 is 4.92 Å². The summed E-state index contributed by atoms with van der Waals surface area (Å²) in [6.45, 7) is 1.48. The van der Waals surface area contributed by atoms with Crippen molar-refractivity contribution >= 4 is 17.3 Å². The van der Waals surface area contributed by atoms with Gasteiger partial charge in [-0.25, -0.2) is 0 Å². The molecule has 1 saturated carbocycles. The van der Waals surface area contributed by atoms with E-state index in [-0.39, 0.29) is 17.2 Å². The van der Waals surface area contributed by atoms with Crippen molar-refractivity contribution < 1.29 is 9.72 Å². The van der Waals surface area contributed by atoms with E-state index in [9.17, 15) is 14.9 Å². The first-order valence-electron chi connectivity index (χ1n) is 7.36. The predicted octanol–water partition coefficient (Wildman–Crippen LogP) is 2.51. The van der Waals surface area contributed by atoms with Crippen molar-refractivity contribution in [1.29, 1.82) is 0 Å². The molecular formula is C15H19N3O3. The van der Waals surface area contributed by atoms with Crippen LogP contribution in [0.3, 0.4) is 0 Å². The van der Waals surface area contributed by atoms with E-state index >= 15 is 0 Å². The lowest BCUT2D eigenvalue weighted by Crippen LogP contribution is -2.30. The van der Waals surface area contributed by atoms with Crippen LogP contribution in [0.2, 0.25) is 0 Å². The number of amides is 1. The van der Waals surface area contributed by atoms with Crippen LogP contribution in [0.25, 0.3) is 0 Å². The van der Waals surface area contributed by atoms with Gasteiger partial charge in [-0.1, -0.05) is 12.5 Å². The Morgan fingerprint density at radius 1 is 1.33 bits per heavy atom. The van der Waals surface area contributed by atoms with Crippen LogP contribution in [0, 0.1) is 22.0 Å². The Morgan fingerprint density at radius 3 is 2.57 bits per heavy atom. The monoisotopic (exact) mass is 289 g/mol. The number of nitrogens with zero attached hydrogens (tertiary/aromatic N) is 2. The normalized spacial score (nSPS) is 24.0. The summed E-state index contributed by atoms with van der Waals surface area (Å²) >= 11 is 0. The number of nitro groups is 1. The van der Waals surface area contributed by atoms with Gasteiger partial charge in [-0.05, 0) is 36.8 Å². The van der Waals surface area contributed by atoms with Gasteiger partial charge in [0.15, 0.2) is 0 Å². The molecule has 0 spiro atoms. The van der Waals surface area contributed by atoms with Gasteiger partial charge in [0, 0.05) is 20.1 Å². The van der Waals surface area contributed by atoms with E-state index in [1.54, 1.807) is 30.1 Å². The van der Waals surface area contributed by atoms with Gasteiger partial charge in [0.2, 0.25) is 0 Å². The van der Waals surface area contributed by atoms with E-state index in [0.29, 0.717) is 17.5 Å². The number of para-hydroxylation sites is 1. The second-order valence-corrected chi connectivity index (χ2v) is 5.87. The van der Waals surface area contributed by atoms with Gasteiger partial charge in [-0.15, -0.1) is 0 Å². The molecule has 1 aromatic carbocycles. The second kappa shape index (κ2) is 5.35. The lowest BCUT2D eigenvalue weighted by molar-refractivity contribution is -0.384. The number of rotatable bonds is 3. The van der Waals surface area contributed by atoms with Crippen LogP contribution in [0.1, 0.15) is 29.6 Å².